The molecule has 2 amide bonds. The lowest BCUT2D eigenvalue weighted by Gasteiger charge is -2.37. The molecule has 2 aliphatic heterocycles. The van der Waals surface area contributed by atoms with Crippen molar-refractivity contribution in [3.63, 3.8) is 0 Å². The van der Waals surface area contributed by atoms with Crippen LogP contribution >= 0.6 is 11.3 Å². The molecule has 0 radical (unpaired) electrons. The van der Waals surface area contributed by atoms with Gasteiger partial charge < -0.3 is 9.80 Å². The second-order valence-corrected chi connectivity index (χ2v) is 7.39. The Hall–Kier alpha value is -1.47. The maximum absolute atomic E-state index is 12.7. The summed E-state index contributed by atoms with van der Waals surface area (Å²) in [7, 11) is 0. The van der Waals surface area contributed by atoms with E-state index < -0.39 is 0 Å². The summed E-state index contributed by atoms with van der Waals surface area (Å²) in [6.45, 7) is 8.37. The monoisotopic (exact) mass is 336 g/mol. The number of hydrogen-bond donors (Lipinski definition) is 0. The highest BCUT2D eigenvalue weighted by atomic mass is 32.1. The summed E-state index contributed by atoms with van der Waals surface area (Å²) in [5.74, 6) is 0.139. The number of aryl methyl sites for hydroxylation is 1. The number of aromatic nitrogens is 1. The lowest BCUT2D eigenvalue weighted by molar-refractivity contribution is -0.144. The number of likely N-dealkylation sites (tertiary alicyclic amines) is 1. The third kappa shape index (κ3) is 3.72. The van der Waals surface area contributed by atoms with E-state index in [1.54, 1.807) is 23.2 Å². The predicted molar refractivity (Wildman–Crippen MR) is 89.1 cm³/mol. The van der Waals surface area contributed by atoms with Gasteiger partial charge in [0, 0.05) is 51.6 Å². The Morgan fingerprint density at radius 2 is 2.00 bits per heavy atom. The molecule has 0 unspecified atom stereocenters. The number of rotatable bonds is 3. The molecule has 7 heteroatoms. The third-order valence-corrected chi connectivity index (χ3v) is 5.50. The highest BCUT2D eigenvalue weighted by Crippen LogP contribution is 2.20. The van der Waals surface area contributed by atoms with E-state index in [2.05, 4.69) is 15.3 Å². The van der Waals surface area contributed by atoms with Crippen LogP contribution in [0.5, 0.6) is 0 Å². The van der Waals surface area contributed by atoms with Crippen LogP contribution in [0.3, 0.4) is 0 Å². The summed E-state index contributed by atoms with van der Waals surface area (Å²) >= 11 is 1.68. The molecule has 1 aromatic heterocycles. The maximum atomic E-state index is 12.7. The minimum absolute atomic E-state index is 0.0124. The van der Waals surface area contributed by atoms with Crippen LogP contribution < -0.4 is 0 Å². The van der Waals surface area contributed by atoms with Gasteiger partial charge in [0.05, 0.1) is 10.7 Å². The number of carbonyl (C=O) groups is 2. The number of piperazine rings is 1. The van der Waals surface area contributed by atoms with Crippen molar-refractivity contribution in [3.05, 3.63) is 16.1 Å². The number of hydrogen-bond acceptors (Lipinski definition) is 5. The molecule has 0 aromatic carbocycles. The van der Waals surface area contributed by atoms with Crippen molar-refractivity contribution < 1.29 is 9.59 Å². The van der Waals surface area contributed by atoms with Crippen LogP contribution in [0.1, 0.15) is 30.5 Å². The maximum Gasteiger partial charge on any atom is 0.245 e. The standard InChI is InChI=1S/C16H24N4O2S/c1-12-17-14(11-23-12)10-18-6-8-19(9-7-18)16(22)15-4-3-5-20(15)13(2)21/h11,15H,3-10H2,1-2H3/t15-/m0/s1. The average Bonchev–Trinajstić information content (AvgIpc) is 3.16. The Kier molecular flexibility index (Phi) is 4.96. The molecular weight excluding hydrogens is 312 g/mol. The van der Waals surface area contributed by atoms with Gasteiger partial charge in [-0.05, 0) is 19.8 Å². The zero-order valence-corrected chi connectivity index (χ0v) is 14.6. The van der Waals surface area contributed by atoms with E-state index in [0.717, 1.165) is 62.8 Å². The molecular formula is C16H24N4O2S. The van der Waals surface area contributed by atoms with E-state index in [4.69, 9.17) is 0 Å². The van der Waals surface area contributed by atoms with Crippen molar-refractivity contribution in [2.45, 2.75) is 39.3 Å². The molecule has 3 rings (SSSR count). The Bertz CT molecular complexity index is 580. The van der Waals surface area contributed by atoms with Gasteiger partial charge in [0.2, 0.25) is 11.8 Å². The fraction of sp³-hybridized carbons (Fsp3) is 0.688. The largest absolute Gasteiger partial charge is 0.338 e. The highest BCUT2D eigenvalue weighted by molar-refractivity contribution is 7.09. The minimum Gasteiger partial charge on any atom is -0.338 e. The summed E-state index contributed by atoms with van der Waals surface area (Å²) in [6.07, 6.45) is 1.73. The van der Waals surface area contributed by atoms with Gasteiger partial charge in [0.15, 0.2) is 0 Å². The predicted octanol–water partition coefficient (Wildman–Crippen LogP) is 1.11. The molecule has 0 aliphatic carbocycles. The fourth-order valence-corrected chi connectivity index (χ4v) is 4.05. The molecule has 23 heavy (non-hydrogen) atoms. The van der Waals surface area contributed by atoms with Crippen LogP contribution in [0.15, 0.2) is 5.38 Å². The second-order valence-electron chi connectivity index (χ2n) is 6.33. The van der Waals surface area contributed by atoms with Crippen molar-refractivity contribution in [1.82, 2.24) is 19.7 Å². The fourth-order valence-electron chi connectivity index (χ4n) is 3.45. The highest BCUT2D eigenvalue weighted by Gasteiger charge is 2.36. The molecule has 3 heterocycles. The SMILES string of the molecule is CC(=O)N1CCC[C@H]1C(=O)N1CCN(Cc2csc(C)n2)CC1. The molecule has 126 valence electrons. The van der Waals surface area contributed by atoms with Crippen LogP contribution in [-0.2, 0) is 16.1 Å². The van der Waals surface area contributed by atoms with Crippen molar-refractivity contribution in [1.29, 1.82) is 0 Å². The van der Waals surface area contributed by atoms with Crippen molar-refractivity contribution in [2.75, 3.05) is 32.7 Å². The van der Waals surface area contributed by atoms with Gasteiger partial charge in [-0.3, -0.25) is 14.5 Å². The van der Waals surface area contributed by atoms with E-state index in [0.29, 0.717) is 0 Å². The molecule has 0 N–H and O–H groups in total. The summed E-state index contributed by atoms with van der Waals surface area (Å²) in [5, 5.41) is 3.20. The Morgan fingerprint density at radius 3 is 2.61 bits per heavy atom. The molecule has 0 spiro atoms. The van der Waals surface area contributed by atoms with Crippen molar-refractivity contribution >= 4 is 23.2 Å². The molecule has 2 saturated heterocycles. The van der Waals surface area contributed by atoms with E-state index >= 15 is 0 Å². The summed E-state index contributed by atoms with van der Waals surface area (Å²) in [4.78, 5) is 34.8. The van der Waals surface area contributed by atoms with E-state index in [1.807, 2.05) is 11.8 Å². The quantitative estimate of drug-likeness (QED) is 0.830. The van der Waals surface area contributed by atoms with Gasteiger partial charge in [-0.15, -0.1) is 11.3 Å². The van der Waals surface area contributed by atoms with Gasteiger partial charge in [-0.1, -0.05) is 0 Å². The molecule has 1 aromatic rings. The van der Waals surface area contributed by atoms with Gasteiger partial charge in [0.1, 0.15) is 6.04 Å². The van der Waals surface area contributed by atoms with Crippen LogP contribution in [0.2, 0.25) is 0 Å². The molecule has 0 bridgehead atoms. The number of carbonyl (C=O) groups excluding carboxylic acids is 2. The molecule has 6 nitrogen and oxygen atoms in total. The topological polar surface area (TPSA) is 56.8 Å². The van der Waals surface area contributed by atoms with Crippen LogP contribution in [0, 0.1) is 6.92 Å². The van der Waals surface area contributed by atoms with Crippen molar-refractivity contribution in [3.8, 4) is 0 Å². The zero-order valence-electron chi connectivity index (χ0n) is 13.8. The van der Waals surface area contributed by atoms with E-state index in [1.165, 1.54) is 0 Å². The van der Waals surface area contributed by atoms with Crippen LogP contribution in [0.25, 0.3) is 0 Å². The number of thiazole rings is 1. The Balaban J connectivity index is 1.52. The number of amides is 2. The van der Waals surface area contributed by atoms with E-state index in [9.17, 15) is 9.59 Å². The van der Waals surface area contributed by atoms with Gasteiger partial charge in [-0.25, -0.2) is 4.98 Å². The Labute approximate surface area is 141 Å². The van der Waals surface area contributed by atoms with Gasteiger partial charge >= 0.3 is 0 Å². The Morgan fingerprint density at radius 1 is 1.26 bits per heavy atom. The lowest BCUT2D eigenvalue weighted by atomic mass is 10.1. The normalized spacial score (nSPS) is 22.6. The third-order valence-electron chi connectivity index (χ3n) is 4.68. The lowest BCUT2D eigenvalue weighted by Crippen LogP contribution is -2.54. The molecule has 2 aliphatic rings. The zero-order chi connectivity index (χ0) is 16.4. The second kappa shape index (κ2) is 6.97. The average molecular weight is 336 g/mol. The summed E-state index contributed by atoms with van der Waals surface area (Å²) in [5.41, 5.74) is 1.12. The first-order valence-electron chi connectivity index (χ1n) is 8.24. The van der Waals surface area contributed by atoms with Crippen molar-refractivity contribution in [2.24, 2.45) is 0 Å². The first kappa shape index (κ1) is 16.4. The van der Waals surface area contributed by atoms with Crippen LogP contribution in [-0.4, -0.2) is 70.3 Å². The number of nitrogens with zero attached hydrogens (tertiary/aromatic N) is 4. The summed E-state index contributed by atoms with van der Waals surface area (Å²) in [6, 6.07) is -0.236. The van der Waals surface area contributed by atoms with Crippen LogP contribution in [0.4, 0.5) is 0 Å². The minimum atomic E-state index is -0.236. The van der Waals surface area contributed by atoms with Gasteiger partial charge in [-0.2, -0.15) is 0 Å². The molecule has 2 fully saturated rings. The molecule has 1 atom stereocenters. The van der Waals surface area contributed by atoms with Gasteiger partial charge in [0.25, 0.3) is 0 Å². The first-order chi connectivity index (χ1) is 11.0. The van der Waals surface area contributed by atoms with E-state index in [-0.39, 0.29) is 17.9 Å². The smallest absolute Gasteiger partial charge is 0.245 e. The molecule has 0 saturated carbocycles. The summed E-state index contributed by atoms with van der Waals surface area (Å²) < 4.78 is 0. The first-order valence-corrected chi connectivity index (χ1v) is 9.12.